The second kappa shape index (κ2) is 5.45. The monoisotopic (exact) mass is 138 g/mol. The van der Waals surface area contributed by atoms with Gasteiger partial charge in [-0.15, -0.1) is 0 Å². The summed E-state index contributed by atoms with van der Waals surface area (Å²) < 4.78 is 0. The number of allylic oxidation sites excluding steroid dienone is 3. The molecule has 48 valence electrons. The van der Waals surface area contributed by atoms with Gasteiger partial charge in [0.15, 0.2) is 0 Å². The van der Waals surface area contributed by atoms with Crippen LogP contribution in [0.15, 0.2) is 48.3 Å². The Labute approximate surface area is 60.7 Å². The van der Waals surface area contributed by atoms with Crippen molar-refractivity contribution in [3.8, 4) is 0 Å². The number of hydrogen-bond acceptors (Lipinski definition) is 1. The van der Waals surface area contributed by atoms with Crippen molar-refractivity contribution in [1.29, 1.82) is 0 Å². The van der Waals surface area contributed by atoms with Gasteiger partial charge >= 0.3 is 0 Å². The van der Waals surface area contributed by atoms with E-state index in [0.717, 1.165) is 4.91 Å². The molecule has 0 fully saturated rings. The van der Waals surface area contributed by atoms with E-state index in [1.54, 1.807) is 12.2 Å². The highest BCUT2D eigenvalue weighted by Crippen LogP contribution is 2.14. The van der Waals surface area contributed by atoms with Gasteiger partial charge in [0.25, 0.3) is 0 Å². The summed E-state index contributed by atoms with van der Waals surface area (Å²) in [6, 6.07) is 0. The van der Waals surface area contributed by atoms with Gasteiger partial charge in [-0.25, -0.2) is 0 Å². The van der Waals surface area contributed by atoms with E-state index in [1.807, 2.05) is 11.5 Å². The van der Waals surface area contributed by atoms with E-state index in [9.17, 15) is 0 Å². The van der Waals surface area contributed by atoms with Gasteiger partial charge in [-0.3, -0.25) is 0 Å². The molecule has 0 N–H and O–H groups in total. The molecule has 0 nitrogen and oxygen atoms in total. The zero-order valence-corrected chi connectivity index (χ0v) is 6.16. The molecule has 0 aliphatic heterocycles. The normalized spacial score (nSPS) is 9.33. The van der Waals surface area contributed by atoms with Crippen molar-refractivity contribution < 1.29 is 0 Å². The van der Waals surface area contributed by atoms with Crippen LogP contribution in [0.25, 0.3) is 0 Å². The lowest BCUT2D eigenvalue weighted by Crippen LogP contribution is -1.56. The number of hydrogen-bond donors (Lipinski definition) is 0. The highest BCUT2D eigenvalue weighted by Gasteiger charge is 1.78. The van der Waals surface area contributed by atoms with Gasteiger partial charge in [-0.05, 0) is 5.41 Å². The van der Waals surface area contributed by atoms with Crippen molar-refractivity contribution in [2.24, 2.45) is 0 Å². The molecule has 0 unspecified atom stereocenters. The highest BCUT2D eigenvalue weighted by molar-refractivity contribution is 8.06. The van der Waals surface area contributed by atoms with E-state index in [-0.39, 0.29) is 0 Å². The molecule has 0 aromatic carbocycles. The number of thioether (sulfide) groups is 1. The van der Waals surface area contributed by atoms with Crippen LogP contribution < -0.4 is 0 Å². The minimum Gasteiger partial charge on any atom is -0.0990 e. The summed E-state index contributed by atoms with van der Waals surface area (Å²) in [5.41, 5.74) is 0. The lowest BCUT2D eigenvalue weighted by molar-refractivity contribution is 2.04. The predicted molar refractivity (Wildman–Crippen MR) is 46.3 cm³/mol. The highest BCUT2D eigenvalue weighted by atomic mass is 32.2. The van der Waals surface area contributed by atoms with Crippen LogP contribution in [0.2, 0.25) is 0 Å². The largest absolute Gasteiger partial charge is 0.0990 e. The van der Waals surface area contributed by atoms with Gasteiger partial charge in [0.05, 0.1) is 0 Å². The van der Waals surface area contributed by atoms with Crippen molar-refractivity contribution in [3.05, 3.63) is 48.3 Å². The first-order valence-corrected chi connectivity index (χ1v) is 3.44. The topological polar surface area (TPSA) is 0 Å². The molecule has 0 bridgehead atoms. The molecule has 0 aromatic rings. The van der Waals surface area contributed by atoms with E-state index >= 15 is 0 Å². The maximum absolute atomic E-state index is 3.70. The van der Waals surface area contributed by atoms with Crippen LogP contribution in [0.4, 0.5) is 0 Å². The van der Waals surface area contributed by atoms with Crippen molar-refractivity contribution in [3.63, 3.8) is 0 Å². The minimum absolute atomic E-state index is 0.952. The lowest BCUT2D eigenvalue weighted by atomic mass is 10.6. The zero-order chi connectivity index (χ0) is 7.11. The molecule has 0 aliphatic rings. The molecule has 0 atom stereocenters. The lowest BCUT2D eigenvalue weighted by Gasteiger charge is -1.87. The van der Waals surface area contributed by atoms with Gasteiger partial charge in [0.1, 0.15) is 0 Å². The third-order valence-electron chi connectivity index (χ3n) is 0.662. The second-order valence-electron chi connectivity index (χ2n) is 1.35. The maximum atomic E-state index is 3.70. The van der Waals surface area contributed by atoms with Gasteiger partial charge in [0.2, 0.25) is 0 Å². The van der Waals surface area contributed by atoms with Crippen molar-refractivity contribution in [2.45, 2.75) is 0 Å². The van der Waals surface area contributed by atoms with E-state index in [4.69, 9.17) is 0 Å². The fourth-order valence-electron chi connectivity index (χ4n) is 0.230. The third kappa shape index (κ3) is 5.18. The zero-order valence-electron chi connectivity index (χ0n) is 5.34. The first-order chi connectivity index (χ1) is 4.31. The molecule has 9 heavy (non-hydrogen) atoms. The first-order valence-electron chi connectivity index (χ1n) is 2.57. The van der Waals surface area contributed by atoms with Crippen LogP contribution in [0.1, 0.15) is 0 Å². The predicted octanol–water partition coefficient (Wildman–Crippen LogP) is 3.12. The van der Waals surface area contributed by atoms with Crippen molar-refractivity contribution >= 4 is 11.8 Å². The summed E-state index contributed by atoms with van der Waals surface area (Å²) >= 11 is 1.54. The Morgan fingerprint density at radius 2 is 2.00 bits per heavy atom. The SMILES string of the molecule is C=C/C=C/SC(=C)C=C. The quantitative estimate of drug-likeness (QED) is 0.538. The van der Waals surface area contributed by atoms with Crippen LogP contribution >= 0.6 is 11.8 Å². The van der Waals surface area contributed by atoms with Crippen molar-refractivity contribution in [1.82, 2.24) is 0 Å². The molecule has 0 heterocycles. The van der Waals surface area contributed by atoms with Crippen LogP contribution in [-0.2, 0) is 0 Å². The summed E-state index contributed by atoms with van der Waals surface area (Å²) in [4.78, 5) is 0.952. The maximum Gasteiger partial charge on any atom is 0.00380 e. The molecule has 0 aliphatic carbocycles. The molecule has 0 saturated heterocycles. The smallest absolute Gasteiger partial charge is 0.00380 e. The average Bonchev–Trinajstić information content (AvgIpc) is 1.89. The Morgan fingerprint density at radius 1 is 1.33 bits per heavy atom. The summed E-state index contributed by atoms with van der Waals surface area (Å²) in [6.45, 7) is 10.8. The Balaban J connectivity index is 3.49. The summed E-state index contributed by atoms with van der Waals surface area (Å²) in [5.74, 6) is 0. The molecule has 0 radical (unpaired) electrons. The molecule has 0 aromatic heterocycles. The van der Waals surface area contributed by atoms with E-state index in [2.05, 4.69) is 19.7 Å². The Kier molecular flexibility index (Phi) is 5.03. The number of rotatable bonds is 4. The van der Waals surface area contributed by atoms with Gasteiger partial charge in [-0.1, -0.05) is 49.7 Å². The summed E-state index contributed by atoms with van der Waals surface area (Å²) in [7, 11) is 0. The van der Waals surface area contributed by atoms with Gasteiger partial charge in [0, 0.05) is 4.91 Å². The first kappa shape index (κ1) is 8.31. The molecule has 0 amide bonds. The van der Waals surface area contributed by atoms with Crippen molar-refractivity contribution in [2.75, 3.05) is 0 Å². The fraction of sp³-hybridized carbons (Fsp3) is 0. The van der Waals surface area contributed by atoms with Gasteiger partial charge in [-0.2, -0.15) is 0 Å². The Morgan fingerprint density at radius 3 is 2.44 bits per heavy atom. The standard InChI is InChI=1S/C8H10S/c1-4-6-7-9-8(3)5-2/h4-7H,1-3H2/b7-6+. The summed E-state index contributed by atoms with van der Waals surface area (Å²) in [5, 5.41) is 1.91. The van der Waals surface area contributed by atoms with Crippen LogP contribution in [0.5, 0.6) is 0 Å². The van der Waals surface area contributed by atoms with E-state index in [0.29, 0.717) is 0 Å². The molecular formula is C8H10S. The Bertz CT molecular complexity index is 143. The van der Waals surface area contributed by atoms with Crippen LogP contribution in [0, 0.1) is 0 Å². The second-order valence-corrected chi connectivity index (χ2v) is 2.38. The van der Waals surface area contributed by atoms with Crippen LogP contribution in [-0.4, -0.2) is 0 Å². The molecular weight excluding hydrogens is 128 g/mol. The van der Waals surface area contributed by atoms with E-state index < -0.39 is 0 Å². The Hall–Kier alpha value is -0.690. The molecule has 0 spiro atoms. The summed E-state index contributed by atoms with van der Waals surface area (Å²) in [6.07, 6.45) is 5.31. The van der Waals surface area contributed by atoms with E-state index in [1.165, 1.54) is 11.8 Å². The third-order valence-corrected chi connectivity index (χ3v) is 1.42. The average molecular weight is 138 g/mol. The minimum atomic E-state index is 0.952. The molecule has 0 saturated carbocycles. The van der Waals surface area contributed by atoms with Crippen LogP contribution in [0.3, 0.4) is 0 Å². The van der Waals surface area contributed by atoms with Gasteiger partial charge < -0.3 is 0 Å². The fourth-order valence-corrected chi connectivity index (χ4v) is 0.691. The molecule has 0 rings (SSSR count). The molecule has 1 heteroatoms.